The lowest BCUT2D eigenvalue weighted by Crippen LogP contribution is -2.32. The van der Waals surface area contributed by atoms with Crippen LogP contribution in [-0.2, 0) is 0 Å². The molecule has 0 spiro atoms. The lowest BCUT2D eigenvalue weighted by atomic mass is 9.80. The van der Waals surface area contributed by atoms with Crippen molar-refractivity contribution < 1.29 is 4.92 Å². The molecule has 104 valence electrons. The number of nitro groups is 1. The van der Waals surface area contributed by atoms with E-state index in [1.54, 1.807) is 13.0 Å². The third-order valence-corrected chi connectivity index (χ3v) is 4.18. The van der Waals surface area contributed by atoms with Gasteiger partial charge in [0.15, 0.2) is 0 Å². The molecule has 0 bridgehead atoms. The van der Waals surface area contributed by atoms with E-state index in [1.165, 1.54) is 19.3 Å². The van der Waals surface area contributed by atoms with Crippen LogP contribution in [0, 0.1) is 28.9 Å². The van der Waals surface area contributed by atoms with Crippen molar-refractivity contribution in [2.24, 2.45) is 11.8 Å². The lowest BCUT2D eigenvalue weighted by Gasteiger charge is -2.33. The van der Waals surface area contributed by atoms with Crippen LogP contribution in [0.3, 0.4) is 0 Å². The minimum absolute atomic E-state index is 0.191. The van der Waals surface area contributed by atoms with Crippen LogP contribution in [0.2, 0.25) is 0 Å². The van der Waals surface area contributed by atoms with Gasteiger partial charge in [-0.2, -0.15) is 0 Å². The SMILES string of the molecule is Cc1cc(NC2CCC(C)CC2C)ccc1[N+](=O)[O-]. The maximum Gasteiger partial charge on any atom is 0.272 e. The van der Waals surface area contributed by atoms with Crippen molar-refractivity contribution in [2.75, 3.05) is 5.32 Å². The Morgan fingerprint density at radius 2 is 2.05 bits per heavy atom. The smallest absolute Gasteiger partial charge is 0.272 e. The average molecular weight is 262 g/mol. The molecule has 0 saturated heterocycles. The van der Waals surface area contributed by atoms with E-state index < -0.39 is 0 Å². The van der Waals surface area contributed by atoms with Gasteiger partial charge >= 0.3 is 0 Å². The first-order valence-corrected chi connectivity index (χ1v) is 6.99. The Morgan fingerprint density at radius 1 is 1.32 bits per heavy atom. The van der Waals surface area contributed by atoms with E-state index in [9.17, 15) is 10.1 Å². The van der Waals surface area contributed by atoms with E-state index in [-0.39, 0.29) is 10.6 Å². The Labute approximate surface area is 114 Å². The van der Waals surface area contributed by atoms with Crippen LogP contribution >= 0.6 is 0 Å². The Morgan fingerprint density at radius 3 is 2.63 bits per heavy atom. The zero-order valence-corrected chi connectivity index (χ0v) is 11.8. The van der Waals surface area contributed by atoms with Gasteiger partial charge in [0.25, 0.3) is 5.69 Å². The standard InChI is InChI=1S/C15H22N2O2/c1-10-4-6-14(11(2)8-10)16-13-5-7-15(17(18)19)12(3)9-13/h5,7,9-11,14,16H,4,6,8H2,1-3H3. The summed E-state index contributed by atoms with van der Waals surface area (Å²) in [4.78, 5) is 10.5. The number of benzene rings is 1. The molecule has 1 aliphatic carbocycles. The molecule has 0 aliphatic heterocycles. The summed E-state index contributed by atoms with van der Waals surface area (Å²) in [7, 11) is 0. The second-order valence-electron chi connectivity index (χ2n) is 5.90. The molecule has 0 heterocycles. The number of nitrogens with one attached hydrogen (secondary N) is 1. The summed E-state index contributed by atoms with van der Waals surface area (Å²) < 4.78 is 0. The zero-order valence-electron chi connectivity index (χ0n) is 11.8. The number of nitro benzene ring substituents is 1. The molecule has 4 nitrogen and oxygen atoms in total. The molecule has 1 aliphatic rings. The molecular formula is C15H22N2O2. The molecule has 0 radical (unpaired) electrons. The summed E-state index contributed by atoms with van der Waals surface area (Å²) in [6, 6.07) is 5.77. The largest absolute Gasteiger partial charge is 0.382 e. The fraction of sp³-hybridized carbons (Fsp3) is 0.600. The Hall–Kier alpha value is -1.58. The fourth-order valence-electron chi connectivity index (χ4n) is 3.04. The summed E-state index contributed by atoms with van der Waals surface area (Å²) in [5.74, 6) is 1.46. The van der Waals surface area contributed by atoms with Crippen molar-refractivity contribution in [3.05, 3.63) is 33.9 Å². The number of nitrogens with zero attached hydrogens (tertiary/aromatic N) is 1. The summed E-state index contributed by atoms with van der Waals surface area (Å²) in [5, 5.41) is 14.3. The molecule has 4 heteroatoms. The molecule has 2 rings (SSSR count). The highest BCUT2D eigenvalue weighted by Gasteiger charge is 2.25. The lowest BCUT2D eigenvalue weighted by molar-refractivity contribution is -0.385. The highest BCUT2D eigenvalue weighted by Crippen LogP contribution is 2.31. The van der Waals surface area contributed by atoms with E-state index >= 15 is 0 Å². The zero-order chi connectivity index (χ0) is 14.0. The van der Waals surface area contributed by atoms with Gasteiger partial charge < -0.3 is 5.32 Å². The second-order valence-corrected chi connectivity index (χ2v) is 5.90. The van der Waals surface area contributed by atoms with Crippen LogP contribution in [-0.4, -0.2) is 11.0 Å². The van der Waals surface area contributed by atoms with Crippen molar-refractivity contribution >= 4 is 11.4 Å². The second kappa shape index (κ2) is 5.59. The van der Waals surface area contributed by atoms with Gasteiger partial charge in [-0.15, -0.1) is 0 Å². The van der Waals surface area contributed by atoms with Crippen LogP contribution in [0.25, 0.3) is 0 Å². The Bertz CT molecular complexity index is 473. The van der Waals surface area contributed by atoms with Crippen LogP contribution in [0.5, 0.6) is 0 Å². The monoisotopic (exact) mass is 262 g/mol. The predicted molar refractivity (Wildman–Crippen MR) is 77.4 cm³/mol. The van der Waals surface area contributed by atoms with E-state index in [1.807, 2.05) is 12.1 Å². The number of rotatable bonds is 3. The van der Waals surface area contributed by atoms with Crippen molar-refractivity contribution in [3.63, 3.8) is 0 Å². The van der Waals surface area contributed by atoms with E-state index in [0.717, 1.165) is 11.6 Å². The fourth-order valence-corrected chi connectivity index (χ4v) is 3.04. The van der Waals surface area contributed by atoms with Gasteiger partial charge in [-0.05, 0) is 50.2 Å². The molecule has 1 fully saturated rings. The van der Waals surface area contributed by atoms with Crippen LogP contribution in [0.15, 0.2) is 18.2 Å². The number of anilines is 1. The van der Waals surface area contributed by atoms with Gasteiger partial charge in [-0.3, -0.25) is 10.1 Å². The average Bonchev–Trinajstić information content (AvgIpc) is 2.32. The highest BCUT2D eigenvalue weighted by molar-refractivity contribution is 5.54. The van der Waals surface area contributed by atoms with Crippen LogP contribution < -0.4 is 5.32 Å². The van der Waals surface area contributed by atoms with Crippen molar-refractivity contribution in [1.82, 2.24) is 0 Å². The van der Waals surface area contributed by atoms with Gasteiger partial charge in [0.1, 0.15) is 0 Å². The molecule has 1 aromatic carbocycles. The molecule has 3 unspecified atom stereocenters. The first kappa shape index (κ1) is 13.8. The molecule has 1 saturated carbocycles. The topological polar surface area (TPSA) is 55.2 Å². The van der Waals surface area contributed by atoms with E-state index in [2.05, 4.69) is 19.2 Å². The quantitative estimate of drug-likeness (QED) is 0.658. The summed E-state index contributed by atoms with van der Waals surface area (Å²) >= 11 is 0. The maximum absolute atomic E-state index is 10.8. The van der Waals surface area contributed by atoms with Gasteiger partial charge in [-0.1, -0.05) is 13.8 Å². The van der Waals surface area contributed by atoms with Gasteiger partial charge in [0.2, 0.25) is 0 Å². The Balaban J connectivity index is 2.07. The van der Waals surface area contributed by atoms with Crippen LogP contribution in [0.4, 0.5) is 11.4 Å². The van der Waals surface area contributed by atoms with Crippen LogP contribution in [0.1, 0.15) is 38.7 Å². The van der Waals surface area contributed by atoms with E-state index in [0.29, 0.717) is 17.5 Å². The number of aryl methyl sites for hydroxylation is 1. The third-order valence-electron chi connectivity index (χ3n) is 4.18. The normalized spacial score (nSPS) is 27.0. The molecule has 0 amide bonds. The summed E-state index contributed by atoms with van der Waals surface area (Å²) in [6.07, 6.45) is 3.69. The molecule has 0 aromatic heterocycles. The first-order chi connectivity index (χ1) is 8.97. The molecule has 19 heavy (non-hydrogen) atoms. The van der Waals surface area contributed by atoms with Gasteiger partial charge in [0, 0.05) is 23.4 Å². The molecular weight excluding hydrogens is 240 g/mol. The molecule has 3 atom stereocenters. The van der Waals surface area contributed by atoms with E-state index in [4.69, 9.17) is 0 Å². The van der Waals surface area contributed by atoms with Crippen molar-refractivity contribution in [2.45, 2.75) is 46.1 Å². The predicted octanol–water partition coefficient (Wildman–Crippen LogP) is 4.14. The summed E-state index contributed by atoms with van der Waals surface area (Å²) in [5.41, 5.74) is 1.90. The van der Waals surface area contributed by atoms with Crippen molar-refractivity contribution in [1.29, 1.82) is 0 Å². The summed E-state index contributed by atoms with van der Waals surface area (Å²) in [6.45, 7) is 6.38. The molecule has 1 aromatic rings. The Kier molecular flexibility index (Phi) is 4.08. The first-order valence-electron chi connectivity index (χ1n) is 6.99. The highest BCUT2D eigenvalue weighted by atomic mass is 16.6. The number of hydrogen-bond donors (Lipinski definition) is 1. The third kappa shape index (κ3) is 3.25. The number of hydrogen-bond acceptors (Lipinski definition) is 3. The molecule has 1 N–H and O–H groups in total. The van der Waals surface area contributed by atoms with Gasteiger partial charge in [-0.25, -0.2) is 0 Å². The van der Waals surface area contributed by atoms with Crippen molar-refractivity contribution in [3.8, 4) is 0 Å². The minimum atomic E-state index is -0.329. The van der Waals surface area contributed by atoms with Gasteiger partial charge in [0.05, 0.1) is 4.92 Å². The maximum atomic E-state index is 10.8. The minimum Gasteiger partial charge on any atom is -0.382 e.